The van der Waals surface area contributed by atoms with Crippen LogP contribution >= 0.6 is 0 Å². The number of esters is 2. The number of rotatable bonds is 25. The Morgan fingerprint density at radius 3 is 1.71 bits per heavy atom. The average Bonchev–Trinajstić information content (AvgIpc) is 3.73. The number of aliphatic hydroxyl groups excluding tert-OH is 1. The van der Waals surface area contributed by atoms with Crippen molar-refractivity contribution in [1.82, 2.24) is 31.6 Å². The Balaban J connectivity index is 1.55. The number of H-pyrrole nitrogens is 1. The number of amides is 5. The van der Waals surface area contributed by atoms with Crippen molar-refractivity contribution >= 4 is 52.6 Å². The molecule has 3 unspecified atom stereocenters. The first kappa shape index (κ1) is 55.8. The van der Waals surface area contributed by atoms with Gasteiger partial charge < -0.3 is 50.9 Å². The lowest BCUT2D eigenvalue weighted by Gasteiger charge is -2.32. The van der Waals surface area contributed by atoms with Crippen LogP contribution < -0.4 is 26.6 Å². The van der Waals surface area contributed by atoms with E-state index in [4.69, 9.17) is 14.2 Å². The lowest BCUT2D eigenvalue weighted by Crippen LogP contribution is -2.61. The van der Waals surface area contributed by atoms with Crippen LogP contribution in [-0.2, 0) is 62.6 Å². The number of carbonyl (C=O) groups excluding carboxylic acids is 7. The molecule has 0 aliphatic rings. The molecule has 5 amide bonds. The third kappa shape index (κ3) is 17.6. The molecule has 1 heterocycles. The third-order valence-electron chi connectivity index (χ3n) is 12.0. The summed E-state index contributed by atoms with van der Waals surface area (Å²) in [6.07, 6.45) is -0.850. The molecule has 4 rings (SSSR count). The molecule has 380 valence electrons. The summed E-state index contributed by atoms with van der Waals surface area (Å²) in [5, 5.41) is 26.3. The predicted octanol–water partition coefficient (Wildman–Crippen LogP) is 5.92. The fourth-order valence-electron chi connectivity index (χ4n) is 7.50. The van der Waals surface area contributed by atoms with E-state index in [1.807, 2.05) is 74.5 Å². The summed E-state index contributed by atoms with van der Waals surface area (Å²) in [6, 6.07) is 19.5. The van der Waals surface area contributed by atoms with Crippen molar-refractivity contribution in [3.8, 4) is 0 Å². The molecule has 4 aromatic rings. The molecule has 0 aliphatic carbocycles. The molecular formula is C53H72N6O11. The summed E-state index contributed by atoms with van der Waals surface area (Å²) in [5.41, 5.74) is 2.11. The van der Waals surface area contributed by atoms with Crippen LogP contribution in [0.4, 0.5) is 4.79 Å². The highest BCUT2D eigenvalue weighted by Gasteiger charge is 2.37. The first-order valence-corrected chi connectivity index (χ1v) is 24.0. The van der Waals surface area contributed by atoms with E-state index in [1.54, 1.807) is 78.9 Å². The minimum absolute atomic E-state index is 0.0102. The van der Waals surface area contributed by atoms with E-state index >= 15 is 0 Å². The molecule has 17 nitrogen and oxygen atoms in total. The van der Waals surface area contributed by atoms with Gasteiger partial charge in [-0.3, -0.25) is 24.0 Å². The van der Waals surface area contributed by atoms with Gasteiger partial charge in [0.2, 0.25) is 23.6 Å². The summed E-state index contributed by atoms with van der Waals surface area (Å²) in [7, 11) is 0. The Morgan fingerprint density at radius 2 is 1.16 bits per heavy atom. The zero-order valence-corrected chi connectivity index (χ0v) is 41.8. The maximum Gasteiger partial charge on any atom is 0.408 e. The van der Waals surface area contributed by atoms with E-state index in [-0.39, 0.29) is 25.6 Å². The standard InChI is InChI=1S/C53H72N6O11/c1-10-33(5)46(59-50(65)47(34(6)11-2)58-48(63)41(56-52(67)70-53(7,8)9)27-44(62)68-30-35-20-14-12-15-21-35)49(64)55-40(26-37-29-54-39-25-19-18-24-38(37)39)42(60)28-43(61)57-45(32(3)4)51(66)69-31-36-22-16-13-17-23-36/h12-25,29,32-34,40-42,45-47,54,60H,10-11,26-28,30-31H2,1-9H3,(H,55,64)(H,56,67)(H,57,61)(H,58,63)(H,59,65)/t33?,34?,40-,41+,42?,45-,46-,47-/m0/s1. The molecule has 3 aromatic carbocycles. The maximum atomic E-state index is 14.5. The van der Waals surface area contributed by atoms with Crippen LogP contribution in [0.1, 0.15) is 105 Å². The van der Waals surface area contributed by atoms with Gasteiger partial charge in [-0.05, 0) is 67.7 Å². The number of aromatic amines is 1. The molecule has 0 saturated carbocycles. The first-order valence-electron chi connectivity index (χ1n) is 24.0. The maximum absolute atomic E-state index is 14.5. The summed E-state index contributed by atoms with van der Waals surface area (Å²) in [4.78, 5) is 99.0. The molecule has 0 saturated heterocycles. The summed E-state index contributed by atoms with van der Waals surface area (Å²) in [5.74, 6) is -5.64. The number of carbonyl (C=O) groups is 7. The monoisotopic (exact) mass is 969 g/mol. The smallest absolute Gasteiger partial charge is 0.408 e. The highest BCUT2D eigenvalue weighted by Crippen LogP contribution is 2.22. The molecule has 7 N–H and O–H groups in total. The predicted molar refractivity (Wildman–Crippen MR) is 264 cm³/mol. The summed E-state index contributed by atoms with van der Waals surface area (Å²) in [6.45, 7) is 15.5. The van der Waals surface area contributed by atoms with Crippen LogP contribution in [0.15, 0.2) is 91.1 Å². The van der Waals surface area contributed by atoms with E-state index in [9.17, 15) is 38.7 Å². The highest BCUT2D eigenvalue weighted by molar-refractivity contribution is 5.95. The Bertz CT molecular complexity index is 2350. The highest BCUT2D eigenvalue weighted by atomic mass is 16.6. The van der Waals surface area contributed by atoms with E-state index < -0.39 is 108 Å². The number of ether oxygens (including phenoxy) is 3. The van der Waals surface area contributed by atoms with Crippen molar-refractivity contribution in [3.63, 3.8) is 0 Å². The SMILES string of the molecule is CCC(C)[C@H](NC(=O)[C@@H](NC(=O)[C@@H](CC(=O)OCc1ccccc1)NC(=O)OC(C)(C)C)C(C)CC)C(=O)N[C@@H](Cc1c[nH]c2ccccc12)C(O)CC(=O)N[C@H](C(=O)OCc1ccccc1)C(C)C. The molecule has 0 radical (unpaired) electrons. The van der Waals surface area contributed by atoms with Gasteiger partial charge in [-0.15, -0.1) is 0 Å². The van der Waals surface area contributed by atoms with Crippen molar-refractivity contribution < 1.29 is 52.9 Å². The molecule has 0 bridgehead atoms. The Morgan fingerprint density at radius 1 is 0.629 bits per heavy atom. The minimum Gasteiger partial charge on any atom is -0.461 e. The van der Waals surface area contributed by atoms with Gasteiger partial charge in [0.1, 0.15) is 43.0 Å². The number of nitrogens with one attached hydrogen (secondary N) is 6. The van der Waals surface area contributed by atoms with Gasteiger partial charge in [0.05, 0.1) is 25.0 Å². The Kier molecular flexibility index (Phi) is 21.4. The Hall–Kier alpha value is -6.75. The second-order valence-electron chi connectivity index (χ2n) is 19.1. The molecule has 0 spiro atoms. The van der Waals surface area contributed by atoms with Crippen molar-refractivity contribution in [2.45, 2.75) is 150 Å². The number of aliphatic hydroxyl groups is 1. The van der Waals surface area contributed by atoms with Crippen molar-refractivity contribution in [2.24, 2.45) is 17.8 Å². The number of hydrogen-bond acceptors (Lipinski definition) is 11. The van der Waals surface area contributed by atoms with E-state index in [1.165, 1.54) is 0 Å². The van der Waals surface area contributed by atoms with Gasteiger partial charge in [-0.1, -0.05) is 133 Å². The number of para-hydroxylation sites is 1. The molecule has 0 aliphatic heterocycles. The minimum atomic E-state index is -1.51. The lowest BCUT2D eigenvalue weighted by molar-refractivity contribution is -0.150. The fraction of sp³-hybridized carbons (Fsp3) is 0.491. The van der Waals surface area contributed by atoms with Crippen LogP contribution in [0.3, 0.4) is 0 Å². The Labute approximate surface area is 410 Å². The summed E-state index contributed by atoms with van der Waals surface area (Å²) >= 11 is 0. The lowest BCUT2D eigenvalue weighted by atomic mass is 9.93. The van der Waals surface area contributed by atoms with Gasteiger partial charge in [0.15, 0.2) is 0 Å². The number of hydrogen-bond donors (Lipinski definition) is 7. The van der Waals surface area contributed by atoms with Gasteiger partial charge >= 0.3 is 18.0 Å². The van der Waals surface area contributed by atoms with Crippen molar-refractivity contribution in [3.05, 3.63) is 108 Å². The first-order chi connectivity index (χ1) is 33.2. The molecule has 0 fully saturated rings. The quantitative estimate of drug-likeness (QED) is 0.0304. The largest absolute Gasteiger partial charge is 0.461 e. The fourth-order valence-corrected chi connectivity index (χ4v) is 7.50. The molecule has 1 aromatic heterocycles. The molecular weight excluding hydrogens is 897 g/mol. The number of aromatic nitrogens is 1. The van der Waals surface area contributed by atoms with E-state index in [0.717, 1.165) is 22.0 Å². The van der Waals surface area contributed by atoms with Gasteiger partial charge in [-0.2, -0.15) is 0 Å². The van der Waals surface area contributed by atoms with Gasteiger partial charge in [-0.25, -0.2) is 9.59 Å². The normalized spacial score (nSPS) is 14.9. The number of alkyl carbamates (subject to hydrolysis) is 1. The van der Waals surface area contributed by atoms with E-state index in [0.29, 0.717) is 18.4 Å². The topological polar surface area (TPSA) is 243 Å². The van der Waals surface area contributed by atoms with Crippen molar-refractivity contribution in [1.29, 1.82) is 0 Å². The van der Waals surface area contributed by atoms with Gasteiger partial charge in [0, 0.05) is 17.1 Å². The van der Waals surface area contributed by atoms with Gasteiger partial charge in [0.25, 0.3) is 0 Å². The zero-order valence-electron chi connectivity index (χ0n) is 41.8. The van der Waals surface area contributed by atoms with Crippen LogP contribution in [0.25, 0.3) is 10.9 Å². The van der Waals surface area contributed by atoms with Crippen LogP contribution in [0, 0.1) is 17.8 Å². The second-order valence-corrected chi connectivity index (χ2v) is 19.1. The number of benzene rings is 3. The third-order valence-corrected chi connectivity index (χ3v) is 12.0. The van der Waals surface area contributed by atoms with E-state index in [2.05, 4.69) is 31.6 Å². The molecule has 17 heteroatoms. The second kappa shape index (κ2) is 26.9. The van der Waals surface area contributed by atoms with Crippen LogP contribution in [0.5, 0.6) is 0 Å². The van der Waals surface area contributed by atoms with Crippen LogP contribution in [-0.4, -0.2) is 93.7 Å². The molecule has 8 atom stereocenters. The molecule has 70 heavy (non-hydrogen) atoms. The zero-order chi connectivity index (χ0) is 51.5. The number of fused-ring (bicyclic) bond motifs is 1. The van der Waals surface area contributed by atoms with Crippen LogP contribution in [0.2, 0.25) is 0 Å². The summed E-state index contributed by atoms with van der Waals surface area (Å²) < 4.78 is 16.3. The van der Waals surface area contributed by atoms with Crippen molar-refractivity contribution in [2.75, 3.05) is 0 Å². The average molecular weight is 969 g/mol.